The van der Waals surface area contributed by atoms with Crippen molar-refractivity contribution in [2.45, 2.75) is 45.3 Å². The van der Waals surface area contributed by atoms with Crippen LogP contribution < -0.4 is 10.6 Å². The molecule has 1 aromatic carbocycles. The van der Waals surface area contributed by atoms with Gasteiger partial charge in [0.1, 0.15) is 11.4 Å². The minimum Gasteiger partial charge on any atom is -0.444 e. The van der Waals surface area contributed by atoms with Gasteiger partial charge in [-0.2, -0.15) is 0 Å². The predicted molar refractivity (Wildman–Crippen MR) is 98.9 cm³/mol. The molecule has 8 heteroatoms. The summed E-state index contributed by atoms with van der Waals surface area (Å²) in [5.74, 6) is -0.713. The molecule has 0 bridgehead atoms. The Balaban J connectivity index is 1.73. The number of benzene rings is 1. The van der Waals surface area contributed by atoms with Crippen molar-refractivity contribution in [1.29, 1.82) is 0 Å². The molecule has 0 radical (unpaired) electrons. The van der Waals surface area contributed by atoms with Crippen molar-refractivity contribution in [3.8, 4) is 0 Å². The second-order valence-corrected chi connectivity index (χ2v) is 7.78. The average molecular weight is 386 g/mol. The van der Waals surface area contributed by atoms with Crippen LogP contribution in [0.4, 0.5) is 14.9 Å². The van der Waals surface area contributed by atoms with Crippen LogP contribution in [0.1, 0.15) is 33.6 Å². The third-order valence-corrected chi connectivity index (χ3v) is 4.17. The first-order valence-corrected chi connectivity index (χ1v) is 8.97. The van der Waals surface area contributed by atoms with Gasteiger partial charge in [-0.3, -0.25) is 9.69 Å². The third kappa shape index (κ3) is 6.80. The summed E-state index contributed by atoms with van der Waals surface area (Å²) in [5, 5.41) is 5.54. The quantitative estimate of drug-likeness (QED) is 0.833. The Labute approximate surface area is 158 Å². The molecular formula is C18H25ClFN3O3. The van der Waals surface area contributed by atoms with Crippen LogP contribution >= 0.6 is 11.6 Å². The Morgan fingerprint density at radius 3 is 2.54 bits per heavy atom. The van der Waals surface area contributed by atoms with Crippen LogP contribution in [0.5, 0.6) is 0 Å². The first-order chi connectivity index (χ1) is 12.1. The second-order valence-electron chi connectivity index (χ2n) is 7.37. The number of hydrogen-bond donors (Lipinski definition) is 2. The van der Waals surface area contributed by atoms with E-state index in [0.29, 0.717) is 18.8 Å². The lowest BCUT2D eigenvalue weighted by molar-refractivity contribution is -0.117. The van der Waals surface area contributed by atoms with Gasteiger partial charge in [0, 0.05) is 24.8 Å². The number of nitrogens with zero attached hydrogens (tertiary/aromatic N) is 1. The summed E-state index contributed by atoms with van der Waals surface area (Å²) in [6, 6.07) is 4.10. The number of amides is 2. The molecule has 0 saturated carbocycles. The minimum atomic E-state index is -0.524. The Hall–Kier alpha value is -1.86. The van der Waals surface area contributed by atoms with Gasteiger partial charge in [-0.05, 0) is 51.8 Å². The molecule has 0 aliphatic carbocycles. The maximum Gasteiger partial charge on any atom is 0.407 e. The first kappa shape index (κ1) is 20.5. The monoisotopic (exact) mass is 385 g/mol. The van der Waals surface area contributed by atoms with Crippen LogP contribution in [-0.4, -0.2) is 48.2 Å². The fourth-order valence-corrected chi connectivity index (χ4v) is 2.87. The van der Waals surface area contributed by atoms with Crippen molar-refractivity contribution in [2.75, 3.05) is 25.0 Å². The van der Waals surface area contributed by atoms with Crippen LogP contribution in [0.15, 0.2) is 18.2 Å². The molecule has 0 unspecified atom stereocenters. The second kappa shape index (κ2) is 8.68. The summed E-state index contributed by atoms with van der Waals surface area (Å²) >= 11 is 5.71. The Bertz CT molecular complexity index is 656. The normalized spacial score (nSPS) is 16.2. The Morgan fingerprint density at radius 2 is 1.96 bits per heavy atom. The van der Waals surface area contributed by atoms with Crippen LogP contribution in [-0.2, 0) is 9.53 Å². The molecule has 1 aliphatic rings. The van der Waals surface area contributed by atoms with Gasteiger partial charge in [-0.15, -0.1) is 0 Å². The summed E-state index contributed by atoms with van der Waals surface area (Å²) in [4.78, 5) is 25.9. The average Bonchev–Trinajstić information content (AvgIpc) is 2.51. The van der Waals surface area contributed by atoms with Gasteiger partial charge < -0.3 is 15.4 Å². The molecule has 0 aromatic heterocycles. The largest absolute Gasteiger partial charge is 0.444 e. The topological polar surface area (TPSA) is 70.7 Å². The molecule has 2 amide bonds. The van der Waals surface area contributed by atoms with Crippen molar-refractivity contribution in [3.05, 3.63) is 29.0 Å². The molecule has 0 atom stereocenters. The summed E-state index contributed by atoms with van der Waals surface area (Å²) in [5.41, 5.74) is -0.0607. The maximum atomic E-state index is 13.1. The van der Waals surface area contributed by atoms with Crippen molar-refractivity contribution in [3.63, 3.8) is 0 Å². The van der Waals surface area contributed by atoms with Crippen molar-refractivity contribution in [2.24, 2.45) is 0 Å². The van der Waals surface area contributed by atoms with E-state index in [-0.39, 0.29) is 23.5 Å². The highest BCUT2D eigenvalue weighted by molar-refractivity contribution is 6.31. The highest BCUT2D eigenvalue weighted by atomic mass is 35.5. The van der Waals surface area contributed by atoms with E-state index >= 15 is 0 Å². The van der Waals surface area contributed by atoms with Crippen molar-refractivity contribution in [1.82, 2.24) is 10.2 Å². The van der Waals surface area contributed by atoms with E-state index < -0.39 is 17.5 Å². The van der Waals surface area contributed by atoms with E-state index in [1.54, 1.807) is 0 Å². The molecule has 144 valence electrons. The molecule has 1 aliphatic heterocycles. The van der Waals surface area contributed by atoms with E-state index in [1.807, 2.05) is 25.7 Å². The molecule has 2 rings (SSSR count). The molecule has 6 nitrogen and oxygen atoms in total. The van der Waals surface area contributed by atoms with Crippen LogP contribution in [0.2, 0.25) is 5.02 Å². The van der Waals surface area contributed by atoms with E-state index in [4.69, 9.17) is 16.3 Å². The number of carbonyl (C=O) groups is 2. The van der Waals surface area contributed by atoms with Gasteiger partial charge in [0.05, 0.1) is 11.6 Å². The molecule has 26 heavy (non-hydrogen) atoms. The highest BCUT2D eigenvalue weighted by Gasteiger charge is 2.24. The number of likely N-dealkylation sites (tertiary alicyclic amines) is 1. The van der Waals surface area contributed by atoms with Gasteiger partial charge in [0.25, 0.3) is 0 Å². The minimum absolute atomic E-state index is 0.0307. The number of halogens is 2. The number of rotatable bonds is 4. The van der Waals surface area contributed by atoms with Gasteiger partial charge in [-0.25, -0.2) is 9.18 Å². The summed E-state index contributed by atoms with van der Waals surface area (Å²) in [7, 11) is 0. The zero-order chi connectivity index (χ0) is 19.3. The molecule has 1 fully saturated rings. The molecule has 0 spiro atoms. The Kier molecular flexibility index (Phi) is 6.83. The lowest BCUT2D eigenvalue weighted by atomic mass is 10.1. The fourth-order valence-electron chi connectivity index (χ4n) is 2.69. The van der Waals surface area contributed by atoms with E-state index in [0.717, 1.165) is 12.8 Å². The lowest BCUT2D eigenvalue weighted by Crippen LogP contribution is -2.47. The van der Waals surface area contributed by atoms with E-state index in [2.05, 4.69) is 10.6 Å². The third-order valence-electron chi connectivity index (χ3n) is 3.88. The van der Waals surface area contributed by atoms with Gasteiger partial charge in [0.15, 0.2) is 0 Å². The van der Waals surface area contributed by atoms with Gasteiger partial charge in [0.2, 0.25) is 5.91 Å². The summed E-state index contributed by atoms with van der Waals surface area (Å²) in [6.45, 7) is 7.08. The lowest BCUT2D eigenvalue weighted by Gasteiger charge is -2.32. The molecule has 2 N–H and O–H groups in total. The molecule has 1 saturated heterocycles. The van der Waals surface area contributed by atoms with Crippen LogP contribution in [0.3, 0.4) is 0 Å². The van der Waals surface area contributed by atoms with Crippen molar-refractivity contribution >= 4 is 29.3 Å². The van der Waals surface area contributed by atoms with E-state index in [9.17, 15) is 14.0 Å². The molecular weight excluding hydrogens is 361 g/mol. The standard InChI is InChI=1S/C18H25ClFN3O3/c1-18(2,3)26-17(25)22-12-6-8-23(9-7-12)11-16(24)21-13-4-5-15(20)14(19)10-13/h4-5,10,12H,6-9,11H2,1-3H3,(H,21,24)(H,22,25). The summed E-state index contributed by atoms with van der Waals surface area (Å²) < 4.78 is 18.4. The van der Waals surface area contributed by atoms with Gasteiger partial charge in [-0.1, -0.05) is 11.6 Å². The molecule has 1 heterocycles. The fraction of sp³-hybridized carbons (Fsp3) is 0.556. The number of hydrogen-bond acceptors (Lipinski definition) is 4. The zero-order valence-corrected chi connectivity index (χ0v) is 16.0. The van der Waals surface area contributed by atoms with E-state index in [1.165, 1.54) is 18.2 Å². The highest BCUT2D eigenvalue weighted by Crippen LogP contribution is 2.19. The number of carbonyl (C=O) groups excluding carboxylic acids is 2. The van der Waals surface area contributed by atoms with Crippen LogP contribution in [0.25, 0.3) is 0 Å². The predicted octanol–water partition coefficient (Wildman–Crippen LogP) is 3.41. The number of piperidine rings is 1. The van der Waals surface area contributed by atoms with Crippen molar-refractivity contribution < 1.29 is 18.7 Å². The summed E-state index contributed by atoms with van der Waals surface area (Å²) in [6.07, 6.45) is 1.07. The maximum absolute atomic E-state index is 13.1. The van der Waals surface area contributed by atoms with Crippen LogP contribution in [0, 0.1) is 5.82 Å². The number of alkyl carbamates (subject to hydrolysis) is 1. The van der Waals surface area contributed by atoms with Gasteiger partial charge >= 0.3 is 6.09 Å². The zero-order valence-electron chi connectivity index (χ0n) is 15.3. The number of ether oxygens (including phenoxy) is 1. The number of anilines is 1. The smallest absolute Gasteiger partial charge is 0.407 e. The first-order valence-electron chi connectivity index (χ1n) is 8.59. The number of nitrogens with one attached hydrogen (secondary N) is 2. The SMILES string of the molecule is CC(C)(C)OC(=O)NC1CCN(CC(=O)Nc2ccc(F)c(Cl)c2)CC1. The molecule has 1 aromatic rings. The Morgan fingerprint density at radius 1 is 1.31 bits per heavy atom.